The van der Waals surface area contributed by atoms with E-state index in [2.05, 4.69) is 27.2 Å². The van der Waals surface area contributed by atoms with Gasteiger partial charge in [0.15, 0.2) is 11.5 Å². The maximum atomic E-state index is 13.7. The number of aromatic nitrogens is 3. The van der Waals surface area contributed by atoms with Crippen molar-refractivity contribution in [2.75, 3.05) is 17.6 Å². The standard InChI is InChI=1S/C11H20FN5/c1-4-5-6-7-14-10-16-8(11(2,3)12)15-9(13)17-10/h4-7H2,1-3H3,(H3,13,14,15,16,17). The van der Waals surface area contributed by atoms with Crippen molar-refractivity contribution in [3.8, 4) is 0 Å². The molecule has 1 rings (SSSR count). The lowest BCUT2D eigenvalue weighted by atomic mass is 10.1. The maximum absolute atomic E-state index is 13.7. The van der Waals surface area contributed by atoms with Gasteiger partial charge in [0.2, 0.25) is 11.9 Å². The monoisotopic (exact) mass is 241 g/mol. The van der Waals surface area contributed by atoms with Crippen LogP contribution in [0.5, 0.6) is 0 Å². The fourth-order valence-corrected chi connectivity index (χ4v) is 1.31. The molecule has 0 spiro atoms. The van der Waals surface area contributed by atoms with E-state index in [4.69, 9.17) is 5.73 Å². The quantitative estimate of drug-likeness (QED) is 0.747. The summed E-state index contributed by atoms with van der Waals surface area (Å²) in [5, 5.41) is 3.02. The molecule has 0 radical (unpaired) electrons. The van der Waals surface area contributed by atoms with E-state index in [1.807, 2.05) is 0 Å². The Kier molecular flexibility index (Phi) is 4.60. The Labute approximate surface area is 101 Å². The van der Waals surface area contributed by atoms with Gasteiger partial charge in [-0.25, -0.2) is 4.39 Å². The lowest BCUT2D eigenvalue weighted by Gasteiger charge is -2.13. The number of nitrogen functional groups attached to an aromatic ring is 1. The Morgan fingerprint density at radius 3 is 2.53 bits per heavy atom. The summed E-state index contributed by atoms with van der Waals surface area (Å²) in [6.07, 6.45) is 3.30. The van der Waals surface area contributed by atoms with Crippen LogP contribution in [-0.2, 0) is 5.67 Å². The van der Waals surface area contributed by atoms with E-state index >= 15 is 0 Å². The number of hydrogen-bond acceptors (Lipinski definition) is 5. The van der Waals surface area contributed by atoms with Gasteiger partial charge in [0.25, 0.3) is 0 Å². The maximum Gasteiger partial charge on any atom is 0.227 e. The lowest BCUT2D eigenvalue weighted by molar-refractivity contribution is 0.206. The molecule has 0 atom stereocenters. The van der Waals surface area contributed by atoms with Gasteiger partial charge in [-0.2, -0.15) is 15.0 Å². The third kappa shape index (κ3) is 4.50. The summed E-state index contributed by atoms with van der Waals surface area (Å²) in [5.74, 6) is 0.441. The lowest BCUT2D eigenvalue weighted by Crippen LogP contribution is -2.18. The third-order valence-electron chi connectivity index (χ3n) is 2.25. The van der Waals surface area contributed by atoms with Gasteiger partial charge in [0.05, 0.1) is 0 Å². The number of nitrogens with two attached hydrogens (primary N) is 1. The summed E-state index contributed by atoms with van der Waals surface area (Å²) in [4.78, 5) is 11.7. The number of nitrogens with one attached hydrogen (secondary N) is 1. The molecule has 0 aliphatic carbocycles. The van der Waals surface area contributed by atoms with Crippen LogP contribution in [-0.4, -0.2) is 21.5 Å². The molecule has 96 valence electrons. The number of rotatable bonds is 6. The molecule has 1 aromatic rings. The van der Waals surface area contributed by atoms with E-state index in [1.54, 1.807) is 0 Å². The van der Waals surface area contributed by atoms with Gasteiger partial charge in [-0.3, -0.25) is 0 Å². The summed E-state index contributed by atoms with van der Waals surface area (Å²) >= 11 is 0. The highest BCUT2D eigenvalue weighted by atomic mass is 19.1. The van der Waals surface area contributed by atoms with Gasteiger partial charge in [-0.05, 0) is 20.3 Å². The van der Waals surface area contributed by atoms with Gasteiger partial charge in [0.1, 0.15) is 0 Å². The summed E-state index contributed by atoms with van der Waals surface area (Å²) in [7, 11) is 0. The van der Waals surface area contributed by atoms with Crippen molar-refractivity contribution in [2.24, 2.45) is 0 Å². The van der Waals surface area contributed by atoms with Crippen LogP contribution in [0.3, 0.4) is 0 Å². The van der Waals surface area contributed by atoms with E-state index in [-0.39, 0.29) is 11.8 Å². The van der Waals surface area contributed by atoms with Crippen LogP contribution in [0.1, 0.15) is 45.9 Å². The predicted molar refractivity (Wildman–Crippen MR) is 66.4 cm³/mol. The first-order chi connectivity index (χ1) is 7.93. The van der Waals surface area contributed by atoms with Gasteiger partial charge in [-0.15, -0.1) is 0 Å². The minimum absolute atomic E-state index is 0.0405. The minimum Gasteiger partial charge on any atom is -0.368 e. The molecule has 5 nitrogen and oxygen atoms in total. The SMILES string of the molecule is CCCCCNc1nc(N)nc(C(C)(C)F)n1. The van der Waals surface area contributed by atoms with Crippen LogP contribution < -0.4 is 11.1 Å². The van der Waals surface area contributed by atoms with E-state index in [0.29, 0.717) is 5.95 Å². The summed E-state index contributed by atoms with van der Waals surface area (Å²) in [6.45, 7) is 5.67. The number of anilines is 2. The second kappa shape index (κ2) is 5.75. The number of unbranched alkanes of at least 4 members (excludes halogenated alkanes) is 2. The average molecular weight is 241 g/mol. The number of nitrogens with zero attached hydrogens (tertiary/aromatic N) is 3. The molecule has 3 N–H and O–H groups in total. The highest BCUT2D eigenvalue weighted by molar-refractivity contribution is 5.31. The topological polar surface area (TPSA) is 76.7 Å². The normalized spacial score (nSPS) is 11.5. The predicted octanol–water partition coefficient (Wildman–Crippen LogP) is 2.26. The first-order valence-electron chi connectivity index (χ1n) is 5.88. The first-order valence-corrected chi connectivity index (χ1v) is 5.88. The summed E-state index contributed by atoms with van der Waals surface area (Å²) in [6, 6.07) is 0. The Morgan fingerprint density at radius 1 is 1.24 bits per heavy atom. The molecule has 6 heteroatoms. The molecule has 1 aromatic heterocycles. The highest BCUT2D eigenvalue weighted by Crippen LogP contribution is 2.21. The zero-order valence-electron chi connectivity index (χ0n) is 10.6. The Morgan fingerprint density at radius 2 is 1.94 bits per heavy atom. The zero-order chi connectivity index (χ0) is 12.9. The fraction of sp³-hybridized carbons (Fsp3) is 0.727. The molecule has 0 saturated heterocycles. The molecule has 0 bridgehead atoms. The number of alkyl halides is 1. The average Bonchev–Trinajstić information content (AvgIpc) is 2.22. The van der Waals surface area contributed by atoms with Crippen LogP contribution >= 0.6 is 0 Å². The van der Waals surface area contributed by atoms with Gasteiger partial charge >= 0.3 is 0 Å². The molecule has 0 aliphatic rings. The van der Waals surface area contributed by atoms with Crippen molar-refractivity contribution < 1.29 is 4.39 Å². The smallest absolute Gasteiger partial charge is 0.227 e. The summed E-state index contributed by atoms with van der Waals surface area (Å²) < 4.78 is 13.7. The van der Waals surface area contributed by atoms with Crippen molar-refractivity contribution in [3.05, 3.63) is 5.82 Å². The van der Waals surface area contributed by atoms with Crippen molar-refractivity contribution in [1.29, 1.82) is 0 Å². The van der Waals surface area contributed by atoms with E-state index in [9.17, 15) is 4.39 Å². The van der Waals surface area contributed by atoms with Crippen LogP contribution in [0.4, 0.5) is 16.3 Å². The van der Waals surface area contributed by atoms with Crippen molar-refractivity contribution in [3.63, 3.8) is 0 Å². The highest BCUT2D eigenvalue weighted by Gasteiger charge is 2.24. The van der Waals surface area contributed by atoms with Gasteiger partial charge in [-0.1, -0.05) is 19.8 Å². The van der Waals surface area contributed by atoms with E-state index < -0.39 is 5.67 Å². The van der Waals surface area contributed by atoms with Crippen LogP contribution in [0.25, 0.3) is 0 Å². The van der Waals surface area contributed by atoms with Gasteiger partial charge < -0.3 is 11.1 Å². The van der Waals surface area contributed by atoms with Crippen molar-refractivity contribution in [1.82, 2.24) is 15.0 Å². The Balaban J connectivity index is 2.69. The number of hydrogen-bond donors (Lipinski definition) is 2. The fourth-order valence-electron chi connectivity index (χ4n) is 1.31. The van der Waals surface area contributed by atoms with E-state index in [1.165, 1.54) is 13.8 Å². The third-order valence-corrected chi connectivity index (χ3v) is 2.25. The van der Waals surface area contributed by atoms with Crippen molar-refractivity contribution in [2.45, 2.75) is 45.7 Å². The van der Waals surface area contributed by atoms with Crippen molar-refractivity contribution >= 4 is 11.9 Å². The molecule has 0 saturated carbocycles. The molecule has 17 heavy (non-hydrogen) atoms. The molecule has 0 unspecified atom stereocenters. The largest absolute Gasteiger partial charge is 0.368 e. The molecular weight excluding hydrogens is 221 g/mol. The van der Waals surface area contributed by atoms with Crippen LogP contribution in [0.2, 0.25) is 0 Å². The first kappa shape index (κ1) is 13.6. The minimum atomic E-state index is -1.61. The second-order valence-electron chi connectivity index (χ2n) is 4.45. The van der Waals surface area contributed by atoms with Crippen LogP contribution in [0, 0.1) is 0 Å². The van der Waals surface area contributed by atoms with Crippen LogP contribution in [0.15, 0.2) is 0 Å². The van der Waals surface area contributed by atoms with Gasteiger partial charge in [0, 0.05) is 6.54 Å². The van der Waals surface area contributed by atoms with E-state index in [0.717, 1.165) is 25.8 Å². The molecule has 0 aromatic carbocycles. The molecular formula is C11H20FN5. The molecule has 1 heterocycles. The molecule has 0 amide bonds. The molecule has 0 aliphatic heterocycles. The Bertz CT molecular complexity index is 361. The zero-order valence-corrected chi connectivity index (χ0v) is 10.6. The Hall–Kier alpha value is -1.46. The number of halogens is 1. The summed E-state index contributed by atoms with van der Waals surface area (Å²) in [5.41, 5.74) is 3.90. The second-order valence-corrected chi connectivity index (χ2v) is 4.45. The molecule has 0 fully saturated rings.